The zero-order valence-electron chi connectivity index (χ0n) is 10.0. The number of hydrogen-bond acceptors (Lipinski definition) is 5. The van der Waals surface area contributed by atoms with Gasteiger partial charge < -0.3 is 14.6 Å². The minimum atomic E-state index is 0.323. The fourth-order valence-electron chi connectivity index (χ4n) is 2.59. The summed E-state index contributed by atoms with van der Waals surface area (Å²) in [6, 6.07) is 0. The summed E-state index contributed by atoms with van der Waals surface area (Å²) in [5, 5.41) is 7.46. The van der Waals surface area contributed by atoms with Crippen molar-refractivity contribution in [3.8, 4) is 0 Å². The molecule has 94 valence electrons. The summed E-state index contributed by atoms with van der Waals surface area (Å²) in [7, 11) is 0. The quantitative estimate of drug-likeness (QED) is 0.853. The molecule has 0 amide bonds. The molecule has 1 aromatic heterocycles. The Morgan fingerprint density at radius 3 is 2.88 bits per heavy atom. The Bertz CT molecular complexity index is 354. The molecular formula is C12H19N3O2. The molecule has 1 aromatic rings. The van der Waals surface area contributed by atoms with Crippen molar-refractivity contribution in [2.75, 3.05) is 26.3 Å². The predicted molar refractivity (Wildman–Crippen MR) is 61.8 cm³/mol. The van der Waals surface area contributed by atoms with Crippen LogP contribution in [0.3, 0.4) is 0 Å². The maximum atomic E-state index is 5.33. The van der Waals surface area contributed by atoms with Crippen molar-refractivity contribution in [1.82, 2.24) is 15.5 Å². The van der Waals surface area contributed by atoms with Gasteiger partial charge in [0.15, 0.2) is 5.82 Å². The molecule has 1 unspecified atom stereocenters. The highest BCUT2D eigenvalue weighted by atomic mass is 16.5. The Morgan fingerprint density at radius 2 is 2.12 bits per heavy atom. The van der Waals surface area contributed by atoms with Crippen LogP contribution in [-0.4, -0.2) is 36.4 Å². The monoisotopic (exact) mass is 237 g/mol. The van der Waals surface area contributed by atoms with Gasteiger partial charge in [0.1, 0.15) is 0 Å². The van der Waals surface area contributed by atoms with Gasteiger partial charge in [-0.3, -0.25) is 0 Å². The summed E-state index contributed by atoms with van der Waals surface area (Å²) < 4.78 is 10.7. The molecular weight excluding hydrogens is 218 g/mol. The second kappa shape index (κ2) is 5.14. The SMILES string of the molecule is C1CC(Cc2noc(C3CCOC3)n2)CCN1. The highest BCUT2D eigenvalue weighted by molar-refractivity contribution is 4.97. The average molecular weight is 237 g/mol. The summed E-state index contributed by atoms with van der Waals surface area (Å²) >= 11 is 0. The van der Waals surface area contributed by atoms with Gasteiger partial charge in [-0.25, -0.2) is 0 Å². The van der Waals surface area contributed by atoms with Crippen LogP contribution in [0.1, 0.15) is 36.9 Å². The highest BCUT2D eigenvalue weighted by Crippen LogP contribution is 2.24. The molecule has 1 atom stereocenters. The van der Waals surface area contributed by atoms with Crippen LogP contribution in [-0.2, 0) is 11.2 Å². The molecule has 5 heteroatoms. The molecule has 17 heavy (non-hydrogen) atoms. The second-order valence-corrected chi connectivity index (χ2v) is 5.01. The van der Waals surface area contributed by atoms with Crippen LogP contribution in [0.2, 0.25) is 0 Å². The second-order valence-electron chi connectivity index (χ2n) is 5.01. The third-order valence-electron chi connectivity index (χ3n) is 3.69. The molecule has 0 saturated carbocycles. The third-order valence-corrected chi connectivity index (χ3v) is 3.69. The standard InChI is InChI=1S/C12H19N3O2/c1-4-13-5-2-9(1)7-11-14-12(17-15-11)10-3-6-16-8-10/h9-10,13H,1-8H2. The Hall–Kier alpha value is -0.940. The maximum Gasteiger partial charge on any atom is 0.232 e. The Labute approximate surface area is 101 Å². The number of aromatic nitrogens is 2. The van der Waals surface area contributed by atoms with Crippen molar-refractivity contribution >= 4 is 0 Å². The van der Waals surface area contributed by atoms with Crippen LogP contribution >= 0.6 is 0 Å². The minimum absolute atomic E-state index is 0.323. The molecule has 0 radical (unpaired) electrons. The van der Waals surface area contributed by atoms with Gasteiger partial charge in [0.05, 0.1) is 12.5 Å². The normalized spacial score (nSPS) is 26.5. The zero-order valence-corrected chi connectivity index (χ0v) is 10.0. The highest BCUT2D eigenvalue weighted by Gasteiger charge is 2.24. The Kier molecular flexibility index (Phi) is 3.38. The maximum absolute atomic E-state index is 5.33. The number of hydrogen-bond donors (Lipinski definition) is 1. The Morgan fingerprint density at radius 1 is 1.24 bits per heavy atom. The smallest absolute Gasteiger partial charge is 0.232 e. The summed E-state index contributed by atoms with van der Waals surface area (Å²) in [6.07, 6.45) is 4.40. The lowest BCUT2D eigenvalue weighted by atomic mass is 9.94. The fourth-order valence-corrected chi connectivity index (χ4v) is 2.59. The van der Waals surface area contributed by atoms with E-state index in [4.69, 9.17) is 9.26 Å². The van der Waals surface area contributed by atoms with Crippen LogP contribution in [0, 0.1) is 5.92 Å². The van der Waals surface area contributed by atoms with Gasteiger partial charge in [-0.15, -0.1) is 0 Å². The largest absolute Gasteiger partial charge is 0.381 e. The van der Waals surface area contributed by atoms with E-state index in [1.54, 1.807) is 0 Å². The molecule has 5 nitrogen and oxygen atoms in total. The topological polar surface area (TPSA) is 60.2 Å². The van der Waals surface area contributed by atoms with Crippen LogP contribution < -0.4 is 5.32 Å². The lowest BCUT2D eigenvalue weighted by molar-refractivity contribution is 0.189. The number of ether oxygens (including phenoxy) is 1. The Balaban J connectivity index is 1.59. The number of piperidine rings is 1. The molecule has 0 spiro atoms. The third kappa shape index (κ3) is 2.66. The first kappa shape index (κ1) is 11.2. The van der Waals surface area contributed by atoms with Crippen molar-refractivity contribution in [2.24, 2.45) is 5.92 Å². The summed E-state index contributed by atoms with van der Waals surface area (Å²) in [5.74, 6) is 2.68. The summed E-state index contributed by atoms with van der Waals surface area (Å²) in [6.45, 7) is 3.78. The van der Waals surface area contributed by atoms with Crippen LogP contribution in [0.5, 0.6) is 0 Å². The van der Waals surface area contributed by atoms with E-state index in [0.29, 0.717) is 11.8 Å². The summed E-state index contributed by atoms with van der Waals surface area (Å²) in [5.41, 5.74) is 0. The van der Waals surface area contributed by atoms with Crippen molar-refractivity contribution in [2.45, 2.75) is 31.6 Å². The van der Waals surface area contributed by atoms with E-state index < -0.39 is 0 Å². The predicted octanol–water partition coefficient (Wildman–Crippen LogP) is 1.12. The molecule has 2 fully saturated rings. The fraction of sp³-hybridized carbons (Fsp3) is 0.833. The molecule has 2 saturated heterocycles. The van der Waals surface area contributed by atoms with Gasteiger partial charge in [0.2, 0.25) is 5.89 Å². The van der Waals surface area contributed by atoms with E-state index in [1.165, 1.54) is 12.8 Å². The van der Waals surface area contributed by atoms with Crippen molar-refractivity contribution < 1.29 is 9.26 Å². The minimum Gasteiger partial charge on any atom is -0.381 e. The number of rotatable bonds is 3. The van der Waals surface area contributed by atoms with E-state index in [0.717, 1.165) is 50.9 Å². The number of nitrogens with zero attached hydrogens (tertiary/aromatic N) is 2. The average Bonchev–Trinajstić information content (AvgIpc) is 3.00. The van der Waals surface area contributed by atoms with Crippen molar-refractivity contribution in [3.05, 3.63) is 11.7 Å². The molecule has 3 rings (SSSR count). The van der Waals surface area contributed by atoms with E-state index in [9.17, 15) is 0 Å². The van der Waals surface area contributed by atoms with Gasteiger partial charge >= 0.3 is 0 Å². The van der Waals surface area contributed by atoms with Crippen molar-refractivity contribution in [1.29, 1.82) is 0 Å². The lowest BCUT2D eigenvalue weighted by Crippen LogP contribution is -2.28. The molecule has 2 aliphatic heterocycles. The van der Waals surface area contributed by atoms with Crippen LogP contribution in [0.25, 0.3) is 0 Å². The van der Waals surface area contributed by atoms with E-state index in [-0.39, 0.29) is 0 Å². The first-order valence-electron chi connectivity index (χ1n) is 6.53. The summed E-state index contributed by atoms with van der Waals surface area (Å²) in [4.78, 5) is 4.51. The molecule has 0 aromatic carbocycles. The molecule has 1 N–H and O–H groups in total. The van der Waals surface area contributed by atoms with Crippen LogP contribution in [0.4, 0.5) is 0 Å². The zero-order chi connectivity index (χ0) is 11.5. The molecule has 3 heterocycles. The van der Waals surface area contributed by atoms with E-state index in [1.807, 2.05) is 0 Å². The lowest BCUT2D eigenvalue weighted by Gasteiger charge is -2.20. The number of nitrogens with one attached hydrogen (secondary N) is 1. The van der Waals surface area contributed by atoms with E-state index >= 15 is 0 Å². The molecule has 0 aliphatic carbocycles. The van der Waals surface area contributed by atoms with Gasteiger partial charge in [0, 0.05) is 13.0 Å². The van der Waals surface area contributed by atoms with Crippen LogP contribution in [0.15, 0.2) is 4.52 Å². The first-order chi connectivity index (χ1) is 8.42. The van der Waals surface area contributed by atoms with Crippen molar-refractivity contribution in [3.63, 3.8) is 0 Å². The van der Waals surface area contributed by atoms with Gasteiger partial charge in [-0.2, -0.15) is 4.98 Å². The van der Waals surface area contributed by atoms with E-state index in [2.05, 4.69) is 15.5 Å². The first-order valence-corrected chi connectivity index (χ1v) is 6.53. The van der Waals surface area contributed by atoms with Gasteiger partial charge in [-0.1, -0.05) is 5.16 Å². The van der Waals surface area contributed by atoms with Gasteiger partial charge in [-0.05, 0) is 38.3 Å². The van der Waals surface area contributed by atoms with Gasteiger partial charge in [0.25, 0.3) is 0 Å². The molecule has 0 bridgehead atoms. The molecule has 2 aliphatic rings.